The molecule has 0 saturated carbocycles. The highest BCUT2D eigenvalue weighted by Crippen LogP contribution is 2.42. The van der Waals surface area contributed by atoms with E-state index < -0.39 is 15.8 Å². The molecule has 3 rings (SSSR count). The first-order valence-electron chi connectivity index (χ1n) is 8.49. The second kappa shape index (κ2) is 6.92. The fourth-order valence-electron chi connectivity index (χ4n) is 3.78. The fraction of sp³-hybridized carbons (Fsp3) is 0.647. The lowest BCUT2D eigenvalue weighted by molar-refractivity contribution is -0.199. The van der Waals surface area contributed by atoms with Crippen LogP contribution in [-0.2, 0) is 19.5 Å². The van der Waals surface area contributed by atoms with Crippen LogP contribution in [0.15, 0.2) is 29.2 Å². The zero-order valence-electron chi connectivity index (χ0n) is 14.1. The average molecular weight is 374 g/mol. The molecule has 1 aromatic rings. The van der Waals surface area contributed by atoms with Crippen molar-refractivity contribution in [3.8, 4) is 0 Å². The number of piperidine rings is 1. The first-order chi connectivity index (χ1) is 11.4. The van der Waals surface area contributed by atoms with Gasteiger partial charge in [0.15, 0.2) is 5.79 Å². The average Bonchev–Trinajstić information content (AvgIpc) is 3.01. The lowest BCUT2D eigenvalue weighted by Crippen LogP contribution is -2.57. The van der Waals surface area contributed by atoms with Crippen molar-refractivity contribution in [2.24, 2.45) is 0 Å². The molecule has 2 atom stereocenters. The SMILES string of the molecule is CC[C@@H]1CC2(C[C@H](CC)N1S(=O)(=O)c1ccc(Cl)cc1)OCCO2. The fourth-order valence-corrected chi connectivity index (χ4v) is 5.86. The van der Waals surface area contributed by atoms with E-state index in [0.717, 1.165) is 12.8 Å². The number of hydrogen-bond donors (Lipinski definition) is 0. The van der Waals surface area contributed by atoms with E-state index in [2.05, 4.69) is 0 Å². The Morgan fingerprint density at radius 3 is 2.04 bits per heavy atom. The van der Waals surface area contributed by atoms with Gasteiger partial charge in [0.25, 0.3) is 0 Å². The summed E-state index contributed by atoms with van der Waals surface area (Å²) in [5.74, 6) is -0.618. The summed E-state index contributed by atoms with van der Waals surface area (Å²) < 4.78 is 39.9. The quantitative estimate of drug-likeness (QED) is 0.811. The van der Waals surface area contributed by atoms with Gasteiger partial charge in [0.05, 0.1) is 18.1 Å². The highest BCUT2D eigenvalue weighted by Gasteiger charge is 2.51. The topological polar surface area (TPSA) is 55.8 Å². The van der Waals surface area contributed by atoms with Gasteiger partial charge in [0.2, 0.25) is 10.0 Å². The first-order valence-corrected chi connectivity index (χ1v) is 10.3. The third kappa shape index (κ3) is 3.22. The number of nitrogens with zero attached hydrogens (tertiary/aromatic N) is 1. The molecule has 0 unspecified atom stereocenters. The summed E-state index contributed by atoms with van der Waals surface area (Å²) in [6, 6.07) is 6.11. The van der Waals surface area contributed by atoms with Crippen LogP contribution in [0.2, 0.25) is 5.02 Å². The largest absolute Gasteiger partial charge is 0.347 e. The van der Waals surface area contributed by atoms with E-state index in [0.29, 0.717) is 31.1 Å². The molecule has 2 saturated heterocycles. The van der Waals surface area contributed by atoms with E-state index in [1.807, 2.05) is 13.8 Å². The molecule has 2 aliphatic rings. The van der Waals surface area contributed by atoms with Gasteiger partial charge < -0.3 is 9.47 Å². The molecule has 0 aliphatic carbocycles. The van der Waals surface area contributed by atoms with E-state index in [9.17, 15) is 8.42 Å². The molecule has 0 aromatic heterocycles. The number of sulfonamides is 1. The standard InChI is InChI=1S/C17H24ClNO4S/c1-3-14-11-17(22-9-10-23-17)12-15(4-2)19(14)24(20,21)16-7-5-13(18)6-8-16/h5-8,14-15H,3-4,9-12H2,1-2H3/t14-,15+. The van der Waals surface area contributed by atoms with Crippen LogP contribution in [0.5, 0.6) is 0 Å². The Balaban J connectivity index is 1.96. The molecule has 134 valence electrons. The molecule has 1 aromatic carbocycles. The molecule has 24 heavy (non-hydrogen) atoms. The van der Waals surface area contributed by atoms with Gasteiger partial charge in [-0.3, -0.25) is 0 Å². The van der Waals surface area contributed by atoms with Gasteiger partial charge in [-0.15, -0.1) is 0 Å². The molecule has 0 bridgehead atoms. The van der Waals surface area contributed by atoms with E-state index in [-0.39, 0.29) is 17.0 Å². The maximum atomic E-state index is 13.2. The van der Waals surface area contributed by atoms with Crippen molar-refractivity contribution in [2.45, 2.75) is 62.3 Å². The zero-order chi connectivity index (χ0) is 17.4. The van der Waals surface area contributed by atoms with Crippen LogP contribution in [-0.4, -0.2) is 43.8 Å². The Bertz CT molecular complexity index is 654. The van der Waals surface area contributed by atoms with Crippen LogP contribution in [0.4, 0.5) is 0 Å². The third-order valence-electron chi connectivity index (χ3n) is 4.96. The molecule has 2 heterocycles. The van der Waals surface area contributed by atoms with Gasteiger partial charge in [-0.25, -0.2) is 8.42 Å². The number of ether oxygens (including phenoxy) is 2. The van der Waals surface area contributed by atoms with Crippen molar-refractivity contribution in [3.05, 3.63) is 29.3 Å². The van der Waals surface area contributed by atoms with Crippen LogP contribution in [0.1, 0.15) is 39.5 Å². The van der Waals surface area contributed by atoms with Crippen molar-refractivity contribution in [3.63, 3.8) is 0 Å². The molecule has 7 heteroatoms. The minimum absolute atomic E-state index is 0.137. The summed E-state index contributed by atoms with van der Waals surface area (Å²) in [5, 5.41) is 0.526. The van der Waals surface area contributed by atoms with Crippen LogP contribution in [0.25, 0.3) is 0 Å². The van der Waals surface area contributed by atoms with Crippen molar-refractivity contribution in [1.82, 2.24) is 4.31 Å². The highest BCUT2D eigenvalue weighted by molar-refractivity contribution is 7.89. The Hall–Kier alpha value is -0.660. The van der Waals surface area contributed by atoms with Crippen molar-refractivity contribution < 1.29 is 17.9 Å². The monoisotopic (exact) mass is 373 g/mol. The summed E-state index contributed by atoms with van der Waals surface area (Å²) in [5.41, 5.74) is 0. The van der Waals surface area contributed by atoms with Crippen LogP contribution in [0.3, 0.4) is 0 Å². The second-order valence-corrected chi connectivity index (χ2v) is 8.71. The predicted molar refractivity (Wildman–Crippen MR) is 92.5 cm³/mol. The minimum atomic E-state index is -3.58. The molecule has 0 radical (unpaired) electrons. The van der Waals surface area contributed by atoms with E-state index in [1.165, 1.54) is 0 Å². The highest BCUT2D eigenvalue weighted by atomic mass is 35.5. The molecule has 5 nitrogen and oxygen atoms in total. The third-order valence-corrected chi connectivity index (χ3v) is 7.23. The molecule has 0 N–H and O–H groups in total. The van der Waals surface area contributed by atoms with E-state index >= 15 is 0 Å². The van der Waals surface area contributed by atoms with Gasteiger partial charge in [0.1, 0.15) is 0 Å². The normalized spacial score (nSPS) is 27.6. The minimum Gasteiger partial charge on any atom is -0.347 e. The van der Waals surface area contributed by atoms with Gasteiger partial charge in [-0.1, -0.05) is 25.4 Å². The number of hydrogen-bond acceptors (Lipinski definition) is 4. The molecule has 1 spiro atoms. The van der Waals surface area contributed by atoms with Crippen LogP contribution in [0, 0.1) is 0 Å². The Kier molecular flexibility index (Phi) is 5.23. The Morgan fingerprint density at radius 1 is 1.08 bits per heavy atom. The summed E-state index contributed by atoms with van der Waals surface area (Å²) in [4.78, 5) is 0.285. The second-order valence-electron chi connectivity index (χ2n) is 6.43. The number of halogens is 1. The summed E-state index contributed by atoms with van der Waals surface area (Å²) >= 11 is 5.90. The van der Waals surface area contributed by atoms with Crippen LogP contribution < -0.4 is 0 Å². The van der Waals surface area contributed by atoms with E-state index in [4.69, 9.17) is 21.1 Å². The first kappa shape index (κ1) is 18.1. The number of benzene rings is 1. The molecule has 0 amide bonds. The molecule has 2 fully saturated rings. The Labute approximate surface area is 148 Å². The zero-order valence-corrected chi connectivity index (χ0v) is 15.6. The van der Waals surface area contributed by atoms with Crippen molar-refractivity contribution >= 4 is 21.6 Å². The summed E-state index contributed by atoms with van der Waals surface area (Å²) in [6.45, 7) is 5.18. The van der Waals surface area contributed by atoms with Gasteiger partial charge in [-0.2, -0.15) is 4.31 Å². The lowest BCUT2D eigenvalue weighted by atomic mass is 9.90. The van der Waals surface area contributed by atoms with Gasteiger partial charge >= 0.3 is 0 Å². The number of rotatable bonds is 4. The van der Waals surface area contributed by atoms with Gasteiger partial charge in [-0.05, 0) is 37.1 Å². The van der Waals surface area contributed by atoms with Crippen LogP contribution >= 0.6 is 11.6 Å². The van der Waals surface area contributed by atoms with E-state index in [1.54, 1.807) is 28.6 Å². The molecule has 2 aliphatic heterocycles. The van der Waals surface area contributed by atoms with Crippen molar-refractivity contribution in [2.75, 3.05) is 13.2 Å². The Morgan fingerprint density at radius 2 is 1.58 bits per heavy atom. The lowest BCUT2D eigenvalue weighted by Gasteiger charge is -2.47. The molecular weight excluding hydrogens is 350 g/mol. The maximum absolute atomic E-state index is 13.2. The summed E-state index contributed by atoms with van der Waals surface area (Å²) in [7, 11) is -3.58. The molecular formula is C17H24ClNO4S. The smallest absolute Gasteiger partial charge is 0.243 e. The van der Waals surface area contributed by atoms with Crippen molar-refractivity contribution in [1.29, 1.82) is 0 Å². The van der Waals surface area contributed by atoms with Gasteiger partial charge in [0, 0.05) is 29.9 Å². The maximum Gasteiger partial charge on any atom is 0.243 e. The predicted octanol–water partition coefficient (Wildman–Crippen LogP) is 3.42. The summed E-state index contributed by atoms with van der Waals surface area (Å²) in [6.07, 6.45) is 2.59.